The summed E-state index contributed by atoms with van der Waals surface area (Å²) in [5.74, 6) is -0.893. The van der Waals surface area contributed by atoms with Crippen molar-refractivity contribution in [3.05, 3.63) is 72.9 Å². The molecule has 0 aliphatic heterocycles. The first kappa shape index (κ1) is 67.8. The van der Waals surface area contributed by atoms with E-state index in [0.29, 0.717) is 19.3 Å². The second-order valence-corrected chi connectivity index (χ2v) is 20.2. The molecule has 0 amide bonds. The molecular formula is C65H114O6. The number of allylic oxidation sites excluding steroid dienone is 12. The molecule has 6 heteroatoms. The Balaban J connectivity index is 3.98. The Kier molecular flexibility index (Phi) is 56.8. The molecule has 0 aromatic carbocycles. The van der Waals surface area contributed by atoms with Gasteiger partial charge in [-0.1, -0.05) is 267 Å². The molecule has 6 nitrogen and oxygen atoms in total. The second kappa shape index (κ2) is 59.4. The van der Waals surface area contributed by atoms with Crippen molar-refractivity contribution in [2.45, 2.75) is 309 Å². The summed E-state index contributed by atoms with van der Waals surface area (Å²) in [6.45, 7) is 6.45. The van der Waals surface area contributed by atoms with E-state index in [1.807, 2.05) is 0 Å². The highest BCUT2D eigenvalue weighted by Gasteiger charge is 2.19. The minimum absolute atomic E-state index is 0.0777. The summed E-state index contributed by atoms with van der Waals surface area (Å²) in [5.41, 5.74) is 0. The maximum Gasteiger partial charge on any atom is 0.306 e. The molecule has 0 fully saturated rings. The van der Waals surface area contributed by atoms with Crippen molar-refractivity contribution in [3.63, 3.8) is 0 Å². The standard InChI is InChI=1S/C65H114O6/c1-4-7-10-13-15-17-19-21-23-25-26-27-28-29-30-31-32-33-34-35-36-37-38-40-41-43-45-47-49-52-55-58-64(67)70-61-62(60-69-63(66)57-54-51-12-9-6-3)71-65(68)59-56-53-50-48-46-44-42-39-24-22-20-18-16-14-11-8-5-2/h8,11,16,18-19,21-22,24-26,28-29,62H,4-7,9-10,12-15,17,20,23,27,30-61H2,1-3H3/b11-8-,18-16-,21-19-,24-22-,26-25-,29-28-. The number of hydrogen-bond donors (Lipinski definition) is 0. The zero-order valence-electron chi connectivity index (χ0n) is 47.0. The number of esters is 3. The van der Waals surface area contributed by atoms with Crippen molar-refractivity contribution in [1.82, 2.24) is 0 Å². The number of carbonyl (C=O) groups is 3. The minimum atomic E-state index is -0.776. The topological polar surface area (TPSA) is 78.9 Å². The van der Waals surface area contributed by atoms with Gasteiger partial charge in [-0.3, -0.25) is 14.4 Å². The Morgan fingerprint density at radius 3 is 0.859 bits per heavy atom. The lowest BCUT2D eigenvalue weighted by atomic mass is 10.0. The summed E-state index contributed by atoms with van der Waals surface area (Å²) in [7, 11) is 0. The van der Waals surface area contributed by atoms with E-state index in [2.05, 4.69) is 93.7 Å². The van der Waals surface area contributed by atoms with Gasteiger partial charge >= 0.3 is 17.9 Å². The third-order valence-corrected chi connectivity index (χ3v) is 13.2. The molecule has 71 heavy (non-hydrogen) atoms. The van der Waals surface area contributed by atoms with Gasteiger partial charge in [0.05, 0.1) is 0 Å². The fraction of sp³-hybridized carbons (Fsp3) is 0.769. The molecule has 0 rings (SSSR count). The fourth-order valence-electron chi connectivity index (χ4n) is 8.64. The van der Waals surface area contributed by atoms with Crippen molar-refractivity contribution in [3.8, 4) is 0 Å². The van der Waals surface area contributed by atoms with Crippen LogP contribution in [0.2, 0.25) is 0 Å². The van der Waals surface area contributed by atoms with E-state index in [9.17, 15) is 14.4 Å². The lowest BCUT2D eigenvalue weighted by molar-refractivity contribution is -0.167. The molecule has 1 unspecified atom stereocenters. The zero-order valence-corrected chi connectivity index (χ0v) is 47.0. The van der Waals surface area contributed by atoms with E-state index in [4.69, 9.17) is 14.2 Å². The van der Waals surface area contributed by atoms with Gasteiger partial charge in [0.2, 0.25) is 0 Å². The normalized spacial score (nSPS) is 12.5. The smallest absolute Gasteiger partial charge is 0.306 e. The van der Waals surface area contributed by atoms with Crippen LogP contribution in [-0.2, 0) is 28.6 Å². The van der Waals surface area contributed by atoms with Crippen molar-refractivity contribution in [1.29, 1.82) is 0 Å². The van der Waals surface area contributed by atoms with Crippen LogP contribution in [0.1, 0.15) is 303 Å². The van der Waals surface area contributed by atoms with Crippen LogP contribution in [0.3, 0.4) is 0 Å². The SMILES string of the molecule is CC/C=C\C/C=C\C/C=C\CCCCCCCCCC(=O)OC(COC(=O)CCCCCCC)COC(=O)CCCCCCCCCCCCCCCCCC/C=C\C/C=C\C/C=C\CCCCCCC. The molecule has 0 radical (unpaired) electrons. The van der Waals surface area contributed by atoms with Gasteiger partial charge in [0.25, 0.3) is 0 Å². The average molecular weight is 992 g/mol. The van der Waals surface area contributed by atoms with E-state index < -0.39 is 6.10 Å². The lowest BCUT2D eigenvalue weighted by Crippen LogP contribution is -2.30. The number of hydrogen-bond acceptors (Lipinski definition) is 6. The van der Waals surface area contributed by atoms with Crippen LogP contribution >= 0.6 is 0 Å². The van der Waals surface area contributed by atoms with Gasteiger partial charge in [-0.05, 0) is 89.9 Å². The Morgan fingerprint density at radius 2 is 0.549 bits per heavy atom. The summed E-state index contributed by atoms with van der Waals surface area (Å²) < 4.78 is 16.7. The molecule has 410 valence electrons. The largest absolute Gasteiger partial charge is 0.462 e. The van der Waals surface area contributed by atoms with Crippen LogP contribution in [0.5, 0.6) is 0 Å². The molecule has 0 N–H and O–H groups in total. The van der Waals surface area contributed by atoms with Crippen LogP contribution in [0, 0.1) is 0 Å². The molecular weight excluding hydrogens is 877 g/mol. The van der Waals surface area contributed by atoms with Crippen molar-refractivity contribution >= 4 is 17.9 Å². The fourth-order valence-corrected chi connectivity index (χ4v) is 8.64. The highest BCUT2D eigenvalue weighted by molar-refractivity contribution is 5.71. The highest BCUT2D eigenvalue weighted by atomic mass is 16.6. The molecule has 0 aromatic rings. The summed E-state index contributed by atoms with van der Waals surface area (Å²) >= 11 is 0. The third kappa shape index (κ3) is 57.6. The van der Waals surface area contributed by atoms with Gasteiger partial charge in [0, 0.05) is 19.3 Å². The quantitative estimate of drug-likeness (QED) is 0.0261. The molecule has 0 saturated carbocycles. The lowest BCUT2D eigenvalue weighted by Gasteiger charge is -2.18. The van der Waals surface area contributed by atoms with E-state index in [-0.39, 0.29) is 31.1 Å². The van der Waals surface area contributed by atoms with Crippen molar-refractivity contribution in [2.24, 2.45) is 0 Å². The molecule has 0 aliphatic carbocycles. The van der Waals surface area contributed by atoms with Crippen LogP contribution in [-0.4, -0.2) is 37.2 Å². The predicted octanol–water partition coefficient (Wildman–Crippen LogP) is 20.5. The van der Waals surface area contributed by atoms with E-state index in [0.717, 1.165) is 103 Å². The maximum absolute atomic E-state index is 12.8. The first-order valence-corrected chi connectivity index (χ1v) is 30.4. The van der Waals surface area contributed by atoms with Gasteiger partial charge in [-0.2, -0.15) is 0 Å². The molecule has 0 aliphatic rings. The Morgan fingerprint density at radius 1 is 0.296 bits per heavy atom. The summed E-state index contributed by atoms with van der Waals surface area (Å²) in [5, 5.41) is 0. The molecule has 0 heterocycles. The molecule has 0 bridgehead atoms. The number of ether oxygens (including phenoxy) is 3. The Labute approximate surface area is 440 Å². The van der Waals surface area contributed by atoms with Gasteiger partial charge in [0.15, 0.2) is 6.10 Å². The number of unbranched alkanes of at least 4 members (excludes halogenated alkanes) is 32. The minimum Gasteiger partial charge on any atom is -0.462 e. The van der Waals surface area contributed by atoms with Gasteiger partial charge < -0.3 is 14.2 Å². The summed E-state index contributed by atoms with van der Waals surface area (Å²) in [4.78, 5) is 37.8. The predicted molar refractivity (Wildman–Crippen MR) is 307 cm³/mol. The number of carbonyl (C=O) groups excluding carboxylic acids is 3. The van der Waals surface area contributed by atoms with Gasteiger partial charge in [0.1, 0.15) is 13.2 Å². The van der Waals surface area contributed by atoms with Crippen LogP contribution in [0.4, 0.5) is 0 Å². The third-order valence-electron chi connectivity index (χ3n) is 13.2. The van der Waals surface area contributed by atoms with Crippen LogP contribution < -0.4 is 0 Å². The van der Waals surface area contributed by atoms with E-state index >= 15 is 0 Å². The molecule has 1 atom stereocenters. The molecule has 0 saturated heterocycles. The van der Waals surface area contributed by atoms with Crippen molar-refractivity contribution < 1.29 is 28.6 Å². The first-order chi connectivity index (χ1) is 35.0. The number of rotatable bonds is 55. The Bertz CT molecular complexity index is 1320. The molecule has 0 spiro atoms. The van der Waals surface area contributed by atoms with Gasteiger partial charge in [-0.25, -0.2) is 0 Å². The zero-order chi connectivity index (χ0) is 51.4. The molecule has 0 aromatic heterocycles. The van der Waals surface area contributed by atoms with Gasteiger partial charge in [-0.15, -0.1) is 0 Å². The highest BCUT2D eigenvalue weighted by Crippen LogP contribution is 2.16. The maximum atomic E-state index is 12.8. The van der Waals surface area contributed by atoms with E-state index in [1.54, 1.807) is 0 Å². The van der Waals surface area contributed by atoms with Crippen LogP contribution in [0.15, 0.2) is 72.9 Å². The second-order valence-electron chi connectivity index (χ2n) is 20.2. The van der Waals surface area contributed by atoms with Crippen molar-refractivity contribution in [2.75, 3.05) is 13.2 Å². The average Bonchev–Trinajstić information content (AvgIpc) is 3.37. The first-order valence-electron chi connectivity index (χ1n) is 30.4. The summed E-state index contributed by atoms with van der Waals surface area (Å²) in [6.07, 6.45) is 76.7. The Hall–Kier alpha value is -3.15. The van der Waals surface area contributed by atoms with Crippen LogP contribution in [0.25, 0.3) is 0 Å². The van der Waals surface area contributed by atoms with E-state index in [1.165, 1.54) is 161 Å². The summed E-state index contributed by atoms with van der Waals surface area (Å²) in [6, 6.07) is 0. The monoisotopic (exact) mass is 991 g/mol.